The lowest BCUT2D eigenvalue weighted by Crippen LogP contribution is -2.43. The van der Waals surface area contributed by atoms with Crippen molar-refractivity contribution >= 4 is 17.4 Å². The van der Waals surface area contributed by atoms with Gasteiger partial charge in [0.2, 0.25) is 0 Å². The van der Waals surface area contributed by atoms with E-state index in [2.05, 4.69) is 0 Å². The molecule has 0 atom stereocenters. The van der Waals surface area contributed by atoms with E-state index in [0.717, 1.165) is 19.3 Å². The first-order chi connectivity index (χ1) is 9.09. The molecular weight excluding hydrogens is 267 g/mol. The Kier molecular flexibility index (Phi) is 4.58. The molecule has 104 valence electrons. The van der Waals surface area contributed by atoms with Gasteiger partial charge in [0.05, 0.1) is 0 Å². The van der Waals surface area contributed by atoms with E-state index < -0.39 is 11.4 Å². The van der Waals surface area contributed by atoms with Crippen molar-refractivity contribution in [2.45, 2.75) is 44.1 Å². The van der Waals surface area contributed by atoms with Gasteiger partial charge >= 0.3 is 0 Å². The van der Waals surface area contributed by atoms with Crippen LogP contribution in [0.4, 0.5) is 4.39 Å². The van der Waals surface area contributed by atoms with Crippen LogP contribution in [0.2, 0.25) is 5.02 Å². The molecule has 0 aliphatic heterocycles. The predicted octanol–water partition coefficient (Wildman–Crippen LogP) is 3.94. The summed E-state index contributed by atoms with van der Waals surface area (Å²) in [5, 5.41) is 0.301. The van der Waals surface area contributed by atoms with Crippen molar-refractivity contribution in [2.75, 3.05) is 7.11 Å². The zero-order chi connectivity index (χ0) is 13.9. The number of ketones is 1. The van der Waals surface area contributed by atoms with Gasteiger partial charge in [-0.3, -0.25) is 4.79 Å². The Hall–Kier alpha value is -0.930. The molecule has 0 aromatic heterocycles. The monoisotopic (exact) mass is 284 g/mol. The first-order valence-electron chi connectivity index (χ1n) is 6.60. The summed E-state index contributed by atoms with van der Waals surface area (Å²) >= 11 is 5.97. The summed E-state index contributed by atoms with van der Waals surface area (Å²) in [6.07, 6.45) is 4.51. The summed E-state index contributed by atoms with van der Waals surface area (Å²) in [6.45, 7) is 0. The summed E-state index contributed by atoms with van der Waals surface area (Å²) in [7, 11) is 1.56. The van der Waals surface area contributed by atoms with E-state index in [9.17, 15) is 9.18 Å². The molecule has 0 heterocycles. The molecule has 0 amide bonds. The highest BCUT2D eigenvalue weighted by Gasteiger charge is 2.39. The minimum Gasteiger partial charge on any atom is -0.370 e. The van der Waals surface area contributed by atoms with Gasteiger partial charge in [-0.25, -0.2) is 4.39 Å². The molecule has 0 saturated heterocycles. The second kappa shape index (κ2) is 6.02. The highest BCUT2D eigenvalue weighted by molar-refractivity contribution is 6.31. The number of methoxy groups -OCH3 is 1. The second-order valence-corrected chi connectivity index (χ2v) is 5.47. The Morgan fingerprint density at radius 3 is 2.63 bits per heavy atom. The van der Waals surface area contributed by atoms with E-state index in [1.807, 2.05) is 0 Å². The van der Waals surface area contributed by atoms with Crippen molar-refractivity contribution in [1.82, 2.24) is 0 Å². The van der Waals surface area contributed by atoms with Gasteiger partial charge < -0.3 is 4.74 Å². The number of benzene rings is 1. The summed E-state index contributed by atoms with van der Waals surface area (Å²) in [5.74, 6) is -0.496. The average Bonchev–Trinajstić information content (AvgIpc) is 2.43. The zero-order valence-electron chi connectivity index (χ0n) is 11.0. The van der Waals surface area contributed by atoms with Gasteiger partial charge in [0.15, 0.2) is 5.78 Å². The van der Waals surface area contributed by atoms with E-state index in [1.165, 1.54) is 6.07 Å². The topological polar surface area (TPSA) is 26.3 Å². The van der Waals surface area contributed by atoms with Crippen molar-refractivity contribution in [3.05, 3.63) is 34.6 Å². The molecule has 1 aliphatic carbocycles. The molecule has 0 spiro atoms. The molecule has 2 nitrogen and oxygen atoms in total. The molecule has 0 unspecified atom stereocenters. The molecule has 1 fully saturated rings. The first-order valence-corrected chi connectivity index (χ1v) is 6.98. The van der Waals surface area contributed by atoms with Crippen LogP contribution in [-0.2, 0) is 16.0 Å². The van der Waals surface area contributed by atoms with Gasteiger partial charge in [0.1, 0.15) is 11.4 Å². The Morgan fingerprint density at radius 2 is 2.05 bits per heavy atom. The fourth-order valence-electron chi connectivity index (χ4n) is 2.74. The number of hydrogen-bond acceptors (Lipinski definition) is 2. The predicted molar refractivity (Wildman–Crippen MR) is 72.9 cm³/mol. The van der Waals surface area contributed by atoms with E-state index in [0.29, 0.717) is 17.9 Å². The van der Waals surface area contributed by atoms with Crippen molar-refractivity contribution in [3.8, 4) is 0 Å². The third kappa shape index (κ3) is 2.98. The maximum atomic E-state index is 13.7. The molecular formula is C15H18ClFO2. The highest BCUT2D eigenvalue weighted by atomic mass is 35.5. The molecule has 1 aromatic carbocycles. The number of halogens is 2. The fourth-order valence-corrected chi connectivity index (χ4v) is 2.97. The van der Waals surface area contributed by atoms with Crippen LogP contribution in [0.5, 0.6) is 0 Å². The van der Waals surface area contributed by atoms with Gasteiger partial charge in [-0.2, -0.15) is 0 Å². The maximum Gasteiger partial charge on any atom is 0.169 e. The molecule has 19 heavy (non-hydrogen) atoms. The van der Waals surface area contributed by atoms with Gasteiger partial charge in [-0.05, 0) is 25.0 Å². The van der Waals surface area contributed by atoms with E-state index in [1.54, 1.807) is 19.2 Å². The number of hydrogen-bond donors (Lipinski definition) is 0. The van der Waals surface area contributed by atoms with Crippen molar-refractivity contribution < 1.29 is 13.9 Å². The Balaban J connectivity index is 2.20. The second-order valence-electron chi connectivity index (χ2n) is 5.06. The quantitative estimate of drug-likeness (QED) is 0.837. The Morgan fingerprint density at radius 1 is 1.37 bits per heavy atom. The van der Waals surface area contributed by atoms with Crippen molar-refractivity contribution in [1.29, 1.82) is 0 Å². The molecule has 1 aromatic rings. The third-order valence-corrected chi connectivity index (χ3v) is 4.31. The summed E-state index contributed by atoms with van der Waals surface area (Å²) in [4.78, 5) is 12.5. The van der Waals surface area contributed by atoms with Crippen LogP contribution in [0.15, 0.2) is 18.2 Å². The number of ether oxygens (including phenoxy) is 1. The normalized spacial score (nSPS) is 18.3. The van der Waals surface area contributed by atoms with Crippen LogP contribution in [0.1, 0.15) is 37.7 Å². The average molecular weight is 285 g/mol. The summed E-state index contributed by atoms with van der Waals surface area (Å²) in [6, 6.07) is 4.47. The number of carbonyl (C=O) groups is 1. The fraction of sp³-hybridized carbons (Fsp3) is 0.533. The van der Waals surface area contributed by atoms with Crippen LogP contribution in [0, 0.1) is 5.82 Å². The minimum atomic E-state index is -0.746. The number of Topliss-reactive ketones (excluding diaryl/α,β-unsaturated/α-hetero) is 1. The van der Waals surface area contributed by atoms with Crippen LogP contribution < -0.4 is 0 Å². The van der Waals surface area contributed by atoms with Gasteiger partial charge in [-0.15, -0.1) is 0 Å². The van der Waals surface area contributed by atoms with Gasteiger partial charge in [0, 0.05) is 24.1 Å². The lowest BCUT2D eigenvalue weighted by atomic mass is 9.79. The van der Waals surface area contributed by atoms with E-state index >= 15 is 0 Å². The molecule has 2 rings (SSSR count). The smallest absolute Gasteiger partial charge is 0.169 e. The Labute approximate surface area is 117 Å². The van der Waals surface area contributed by atoms with Crippen molar-refractivity contribution in [2.24, 2.45) is 0 Å². The SMILES string of the molecule is COC1(C(=O)Cc2c(F)cccc2Cl)CCCCC1. The Bertz CT molecular complexity index is 447. The minimum absolute atomic E-state index is 0.000648. The largest absolute Gasteiger partial charge is 0.370 e. The van der Waals surface area contributed by atoms with Gasteiger partial charge in [-0.1, -0.05) is 36.9 Å². The maximum absolute atomic E-state index is 13.7. The number of rotatable bonds is 4. The molecule has 0 bridgehead atoms. The highest BCUT2D eigenvalue weighted by Crippen LogP contribution is 2.33. The lowest BCUT2D eigenvalue weighted by molar-refractivity contribution is -0.144. The molecule has 1 aliphatic rings. The third-order valence-electron chi connectivity index (χ3n) is 3.96. The molecule has 4 heteroatoms. The van der Waals surface area contributed by atoms with E-state index in [4.69, 9.17) is 16.3 Å². The van der Waals surface area contributed by atoms with Crippen LogP contribution in [-0.4, -0.2) is 18.5 Å². The number of carbonyl (C=O) groups excluding carboxylic acids is 1. The van der Waals surface area contributed by atoms with Crippen LogP contribution in [0.3, 0.4) is 0 Å². The lowest BCUT2D eigenvalue weighted by Gasteiger charge is -2.34. The van der Waals surface area contributed by atoms with Gasteiger partial charge in [0.25, 0.3) is 0 Å². The van der Waals surface area contributed by atoms with Crippen molar-refractivity contribution in [3.63, 3.8) is 0 Å². The zero-order valence-corrected chi connectivity index (χ0v) is 11.8. The molecule has 1 saturated carbocycles. The molecule has 0 N–H and O–H groups in total. The standard InChI is InChI=1S/C15H18ClFO2/c1-19-15(8-3-2-4-9-15)14(18)10-11-12(16)6-5-7-13(11)17/h5-7H,2-4,8-10H2,1H3. The first kappa shape index (κ1) is 14.5. The summed E-state index contributed by atoms with van der Waals surface area (Å²) in [5.41, 5.74) is -0.472. The summed E-state index contributed by atoms with van der Waals surface area (Å²) < 4.78 is 19.2. The van der Waals surface area contributed by atoms with E-state index in [-0.39, 0.29) is 17.8 Å². The molecule has 0 radical (unpaired) electrons. The van der Waals surface area contributed by atoms with Crippen LogP contribution >= 0.6 is 11.6 Å². The van der Waals surface area contributed by atoms with Crippen LogP contribution in [0.25, 0.3) is 0 Å².